The van der Waals surface area contributed by atoms with Gasteiger partial charge in [-0.25, -0.2) is 9.48 Å². The molecule has 0 spiro atoms. The molecule has 1 aliphatic heterocycles. The molecule has 0 saturated carbocycles. The second-order valence-electron chi connectivity index (χ2n) is 7.43. The molecule has 1 aliphatic rings. The van der Waals surface area contributed by atoms with Crippen LogP contribution >= 0.6 is 23.1 Å². The van der Waals surface area contributed by atoms with E-state index in [0.717, 1.165) is 16.3 Å². The molecule has 0 saturated heterocycles. The smallest absolute Gasteiger partial charge is 0.338 e. The molecule has 32 heavy (non-hydrogen) atoms. The van der Waals surface area contributed by atoms with Crippen LogP contribution < -0.4 is 5.32 Å². The van der Waals surface area contributed by atoms with Gasteiger partial charge < -0.3 is 10.1 Å². The Bertz CT molecular complexity index is 1310. The van der Waals surface area contributed by atoms with E-state index in [2.05, 4.69) is 41.7 Å². The van der Waals surface area contributed by atoms with Gasteiger partial charge in [0.1, 0.15) is 6.04 Å². The molecule has 5 rings (SSSR count). The monoisotopic (exact) mass is 462 g/mol. The van der Waals surface area contributed by atoms with E-state index < -0.39 is 0 Å². The van der Waals surface area contributed by atoms with Crippen molar-refractivity contribution in [2.75, 3.05) is 11.9 Å². The van der Waals surface area contributed by atoms with Crippen LogP contribution in [0.25, 0.3) is 10.8 Å². The van der Waals surface area contributed by atoms with Gasteiger partial charge in [-0.05, 0) is 41.6 Å². The summed E-state index contributed by atoms with van der Waals surface area (Å²) in [6, 6.07) is 18.5. The lowest BCUT2D eigenvalue weighted by Crippen LogP contribution is -2.29. The van der Waals surface area contributed by atoms with Crippen molar-refractivity contribution < 1.29 is 9.53 Å². The molecule has 4 aromatic rings. The van der Waals surface area contributed by atoms with Crippen LogP contribution in [0.1, 0.15) is 30.3 Å². The fourth-order valence-electron chi connectivity index (χ4n) is 3.85. The van der Waals surface area contributed by atoms with Gasteiger partial charge in [0.15, 0.2) is 0 Å². The summed E-state index contributed by atoms with van der Waals surface area (Å²) in [7, 11) is 0. The third-order valence-electron chi connectivity index (χ3n) is 5.32. The number of anilines is 1. The summed E-state index contributed by atoms with van der Waals surface area (Å²) in [5.41, 5.74) is 2.52. The third kappa shape index (κ3) is 3.91. The Morgan fingerprint density at radius 2 is 2.03 bits per heavy atom. The first-order chi connectivity index (χ1) is 15.6. The van der Waals surface area contributed by atoms with Crippen LogP contribution in [0.15, 0.2) is 76.4 Å². The molecular formula is C24H22N4O2S2. The lowest BCUT2D eigenvalue weighted by molar-refractivity contribution is -0.139. The zero-order chi connectivity index (χ0) is 22.1. The van der Waals surface area contributed by atoms with Gasteiger partial charge in [-0.2, -0.15) is 4.98 Å². The summed E-state index contributed by atoms with van der Waals surface area (Å²) in [6.07, 6.45) is 0. The first-order valence-corrected chi connectivity index (χ1v) is 12.3. The minimum atomic E-state index is -0.354. The highest BCUT2D eigenvalue weighted by Crippen LogP contribution is 2.38. The molecule has 0 amide bonds. The van der Waals surface area contributed by atoms with E-state index in [0.29, 0.717) is 23.3 Å². The summed E-state index contributed by atoms with van der Waals surface area (Å²) >= 11 is 3.17. The van der Waals surface area contributed by atoms with E-state index in [1.807, 2.05) is 37.4 Å². The molecule has 6 nitrogen and oxygen atoms in total. The van der Waals surface area contributed by atoms with E-state index in [1.54, 1.807) is 27.8 Å². The van der Waals surface area contributed by atoms with E-state index in [1.165, 1.54) is 16.3 Å². The normalized spacial score (nSPS) is 15.5. The molecule has 2 aromatic heterocycles. The SMILES string of the molecule is CCOC(=O)C1=C(C)Nc2nc(SCc3ccc4ccccc4c3)nn2[C@H]1c1cccs1. The number of allylic oxidation sites excluding steroid dienone is 1. The number of nitrogens with zero attached hydrogens (tertiary/aromatic N) is 3. The number of thioether (sulfide) groups is 1. The van der Waals surface area contributed by atoms with E-state index in [-0.39, 0.29) is 12.0 Å². The zero-order valence-corrected chi connectivity index (χ0v) is 19.4. The minimum absolute atomic E-state index is 0.323. The lowest BCUT2D eigenvalue weighted by Gasteiger charge is -2.26. The number of esters is 1. The molecule has 0 bridgehead atoms. The molecule has 0 radical (unpaired) electrons. The first-order valence-electron chi connectivity index (χ1n) is 10.4. The van der Waals surface area contributed by atoms with Crippen LogP contribution in [0.5, 0.6) is 0 Å². The van der Waals surface area contributed by atoms with Crippen LogP contribution in [0.4, 0.5) is 5.95 Å². The molecule has 1 atom stereocenters. The van der Waals surface area contributed by atoms with E-state index >= 15 is 0 Å². The molecule has 0 fully saturated rings. The van der Waals surface area contributed by atoms with Crippen molar-refractivity contribution >= 4 is 45.8 Å². The Morgan fingerprint density at radius 1 is 1.19 bits per heavy atom. The number of hydrogen-bond acceptors (Lipinski definition) is 7. The van der Waals surface area contributed by atoms with Gasteiger partial charge in [0, 0.05) is 16.3 Å². The summed E-state index contributed by atoms with van der Waals surface area (Å²) in [6.45, 7) is 4.02. The number of ether oxygens (including phenoxy) is 1. The summed E-state index contributed by atoms with van der Waals surface area (Å²) in [5.74, 6) is 1.06. The average molecular weight is 463 g/mol. The highest BCUT2D eigenvalue weighted by molar-refractivity contribution is 7.98. The number of carbonyl (C=O) groups excluding carboxylic acids is 1. The number of thiophene rings is 1. The predicted octanol–water partition coefficient (Wildman–Crippen LogP) is 5.64. The first kappa shape index (κ1) is 20.8. The van der Waals surface area contributed by atoms with Gasteiger partial charge in [0.05, 0.1) is 12.2 Å². The molecule has 162 valence electrons. The average Bonchev–Trinajstić information content (AvgIpc) is 3.46. The maximum atomic E-state index is 12.8. The number of benzene rings is 2. The fraction of sp³-hybridized carbons (Fsp3) is 0.208. The van der Waals surface area contributed by atoms with Gasteiger partial charge in [0.25, 0.3) is 0 Å². The number of fused-ring (bicyclic) bond motifs is 2. The second kappa shape index (κ2) is 8.80. The zero-order valence-electron chi connectivity index (χ0n) is 17.7. The topological polar surface area (TPSA) is 69.0 Å². The maximum Gasteiger partial charge on any atom is 0.338 e. The Labute approximate surface area is 194 Å². The number of hydrogen-bond donors (Lipinski definition) is 1. The van der Waals surface area contributed by atoms with Crippen molar-refractivity contribution in [2.45, 2.75) is 30.8 Å². The molecule has 3 heterocycles. The number of carbonyl (C=O) groups is 1. The van der Waals surface area contributed by atoms with E-state index in [9.17, 15) is 4.79 Å². The summed E-state index contributed by atoms with van der Waals surface area (Å²) < 4.78 is 7.14. The van der Waals surface area contributed by atoms with Gasteiger partial charge >= 0.3 is 5.97 Å². The van der Waals surface area contributed by atoms with Crippen molar-refractivity contribution in [3.63, 3.8) is 0 Å². The molecule has 8 heteroatoms. The molecule has 2 aromatic carbocycles. The highest BCUT2D eigenvalue weighted by Gasteiger charge is 2.35. The lowest BCUT2D eigenvalue weighted by atomic mass is 10.0. The van der Waals surface area contributed by atoms with Gasteiger partial charge in [-0.1, -0.05) is 60.3 Å². The number of nitrogens with one attached hydrogen (secondary N) is 1. The predicted molar refractivity (Wildman–Crippen MR) is 129 cm³/mol. The Morgan fingerprint density at radius 3 is 2.81 bits per heavy atom. The minimum Gasteiger partial charge on any atom is -0.463 e. The standard InChI is InChI=1S/C24H22N4O2S2/c1-3-30-22(29)20-15(2)25-23-26-24(27-28(23)21(20)19-9-6-12-31-19)32-14-16-10-11-17-7-4-5-8-18(17)13-16/h4-13,21H,3,14H2,1-2H3,(H,25,26,27)/t21-/m0/s1. The van der Waals surface area contributed by atoms with Crippen molar-refractivity contribution in [1.82, 2.24) is 14.8 Å². The molecule has 0 aliphatic carbocycles. The van der Waals surface area contributed by atoms with Crippen molar-refractivity contribution in [3.8, 4) is 0 Å². The Kier molecular flexibility index (Phi) is 5.71. The fourth-order valence-corrected chi connectivity index (χ4v) is 5.44. The van der Waals surface area contributed by atoms with Crippen molar-refractivity contribution in [3.05, 3.63) is 81.7 Å². The number of rotatable bonds is 6. The Balaban J connectivity index is 1.43. The Hall–Kier alpha value is -3.10. The second-order valence-corrected chi connectivity index (χ2v) is 9.36. The van der Waals surface area contributed by atoms with Crippen molar-refractivity contribution in [2.24, 2.45) is 0 Å². The van der Waals surface area contributed by atoms with Crippen LogP contribution in [0.3, 0.4) is 0 Å². The largest absolute Gasteiger partial charge is 0.463 e. The number of aromatic nitrogens is 3. The summed E-state index contributed by atoms with van der Waals surface area (Å²) in [4.78, 5) is 18.5. The van der Waals surface area contributed by atoms with Crippen molar-refractivity contribution in [1.29, 1.82) is 0 Å². The highest BCUT2D eigenvalue weighted by atomic mass is 32.2. The van der Waals surface area contributed by atoms with Crippen LogP contribution in [0.2, 0.25) is 0 Å². The molecule has 0 unspecified atom stereocenters. The summed E-state index contributed by atoms with van der Waals surface area (Å²) in [5, 5.41) is 13.1. The molecular weight excluding hydrogens is 440 g/mol. The van der Waals surface area contributed by atoms with Crippen LogP contribution in [0, 0.1) is 0 Å². The van der Waals surface area contributed by atoms with Crippen LogP contribution in [-0.4, -0.2) is 27.3 Å². The van der Waals surface area contributed by atoms with Gasteiger partial charge in [-0.15, -0.1) is 16.4 Å². The van der Waals surface area contributed by atoms with Gasteiger partial charge in [0.2, 0.25) is 11.1 Å². The third-order valence-corrected chi connectivity index (χ3v) is 7.16. The maximum absolute atomic E-state index is 12.8. The molecule has 1 N–H and O–H groups in total. The van der Waals surface area contributed by atoms with Gasteiger partial charge in [-0.3, -0.25) is 0 Å². The quantitative estimate of drug-likeness (QED) is 0.296. The van der Waals surface area contributed by atoms with E-state index in [4.69, 9.17) is 14.8 Å². The van der Waals surface area contributed by atoms with Crippen LogP contribution in [-0.2, 0) is 15.3 Å².